The summed E-state index contributed by atoms with van der Waals surface area (Å²) in [4.78, 5) is 20.4. The molecule has 0 unspecified atom stereocenters. The highest BCUT2D eigenvalue weighted by molar-refractivity contribution is 6.23. The molecule has 59 heavy (non-hydrogen) atoms. The molecule has 0 aliphatic heterocycles. The predicted molar refractivity (Wildman–Crippen MR) is 238 cm³/mol. The van der Waals surface area contributed by atoms with E-state index in [1.54, 1.807) is 0 Å². The van der Waals surface area contributed by atoms with Crippen molar-refractivity contribution in [2.75, 3.05) is 0 Å². The number of rotatable bonds is 6. The maximum atomic E-state index is 6.51. The van der Waals surface area contributed by atoms with E-state index >= 15 is 0 Å². The van der Waals surface area contributed by atoms with Crippen molar-refractivity contribution in [3.63, 3.8) is 0 Å². The van der Waals surface area contributed by atoms with Crippen molar-refractivity contribution in [2.24, 2.45) is 0 Å². The lowest BCUT2D eigenvalue weighted by Crippen LogP contribution is -2.07. The standard InChI is InChI=1S/C52H32N6O/c1-4-16-33(17-5-1)49-54-50(34-18-6-2-7-19-34)56-52(55-49)58-45-29-13-11-25-40(45)42-31-30-41-39-24-10-12-28-44(39)57(46(41)47(42)58)37-23-14-22-36(32-37)38-26-15-27-43-48(38)59-51(53-43)35-20-8-3-9-21-35/h1-32H. The van der Waals surface area contributed by atoms with Gasteiger partial charge in [0.05, 0.1) is 22.1 Å². The molecule has 0 atom stereocenters. The molecule has 276 valence electrons. The zero-order chi connectivity index (χ0) is 38.9. The molecule has 0 amide bonds. The predicted octanol–water partition coefficient (Wildman–Crippen LogP) is 12.9. The summed E-state index contributed by atoms with van der Waals surface area (Å²) in [5.41, 5.74) is 11.6. The molecule has 0 radical (unpaired) electrons. The summed E-state index contributed by atoms with van der Waals surface area (Å²) in [6.45, 7) is 0. The average molecular weight is 757 g/mol. The molecule has 0 N–H and O–H groups in total. The van der Waals surface area contributed by atoms with Crippen molar-refractivity contribution < 1.29 is 4.42 Å². The van der Waals surface area contributed by atoms with Gasteiger partial charge in [0.2, 0.25) is 11.8 Å². The molecule has 0 saturated carbocycles. The van der Waals surface area contributed by atoms with E-state index in [2.05, 4.69) is 100 Å². The van der Waals surface area contributed by atoms with Crippen LogP contribution >= 0.6 is 0 Å². The minimum atomic E-state index is 0.549. The number of oxazole rings is 1. The van der Waals surface area contributed by atoms with E-state index in [1.807, 2.05) is 103 Å². The summed E-state index contributed by atoms with van der Waals surface area (Å²) >= 11 is 0. The second kappa shape index (κ2) is 13.2. The van der Waals surface area contributed by atoms with Crippen LogP contribution in [0.4, 0.5) is 0 Å². The second-order valence-electron chi connectivity index (χ2n) is 14.7. The van der Waals surface area contributed by atoms with Gasteiger partial charge >= 0.3 is 0 Å². The van der Waals surface area contributed by atoms with Gasteiger partial charge in [-0.1, -0.05) is 152 Å². The summed E-state index contributed by atoms with van der Waals surface area (Å²) in [6, 6.07) is 66.8. The first-order valence-corrected chi connectivity index (χ1v) is 19.7. The number of aromatic nitrogens is 6. The highest BCUT2D eigenvalue weighted by Crippen LogP contribution is 2.42. The first kappa shape index (κ1) is 33.0. The summed E-state index contributed by atoms with van der Waals surface area (Å²) < 4.78 is 11.1. The number of fused-ring (bicyclic) bond motifs is 8. The van der Waals surface area contributed by atoms with Crippen LogP contribution < -0.4 is 0 Å². The van der Waals surface area contributed by atoms with Crippen LogP contribution in [0.1, 0.15) is 0 Å². The fourth-order valence-electron chi connectivity index (χ4n) is 8.57. The minimum absolute atomic E-state index is 0.549. The third kappa shape index (κ3) is 5.29. The highest BCUT2D eigenvalue weighted by atomic mass is 16.3. The zero-order valence-electron chi connectivity index (χ0n) is 31.6. The molecule has 12 aromatic rings. The van der Waals surface area contributed by atoms with Crippen LogP contribution in [-0.4, -0.2) is 29.1 Å². The lowest BCUT2D eigenvalue weighted by molar-refractivity contribution is 0.621. The Morgan fingerprint density at radius 3 is 1.54 bits per heavy atom. The van der Waals surface area contributed by atoms with Crippen LogP contribution in [-0.2, 0) is 0 Å². The van der Waals surface area contributed by atoms with Gasteiger partial charge in [0.1, 0.15) is 5.52 Å². The van der Waals surface area contributed by atoms with Crippen molar-refractivity contribution in [1.29, 1.82) is 0 Å². The summed E-state index contributed by atoms with van der Waals surface area (Å²) in [6.07, 6.45) is 0. The molecule has 0 saturated heterocycles. The zero-order valence-corrected chi connectivity index (χ0v) is 31.6. The van der Waals surface area contributed by atoms with E-state index in [9.17, 15) is 0 Å². The number of nitrogens with zero attached hydrogens (tertiary/aromatic N) is 6. The molecule has 4 aromatic heterocycles. The molecule has 0 aliphatic rings. The Balaban J connectivity index is 1.15. The number of hydrogen-bond donors (Lipinski definition) is 0. The molecular weight excluding hydrogens is 725 g/mol. The smallest absolute Gasteiger partial charge is 0.238 e. The third-order valence-corrected chi connectivity index (χ3v) is 11.2. The summed E-state index contributed by atoms with van der Waals surface area (Å²) in [5.74, 6) is 2.37. The summed E-state index contributed by atoms with van der Waals surface area (Å²) in [5, 5.41) is 4.51. The number of benzene rings is 8. The molecule has 7 nitrogen and oxygen atoms in total. The van der Waals surface area contributed by atoms with Gasteiger partial charge in [-0.15, -0.1) is 0 Å². The Bertz CT molecular complexity index is 3490. The molecule has 7 heteroatoms. The Labute approximate surface area is 338 Å². The van der Waals surface area contributed by atoms with Gasteiger partial charge in [0, 0.05) is 49.5 Å². The average Bonchev–Trinajstić information content (AvgIpc) is 4.00. The van der Waals surface area contributed by atoms with Gasteiger partial charge in [0.25, 0.3) is 0 Å². The van der Waals surface area contributed by atoms with E-state index in [0.717, 1.165) is 88.2 Å². The van der Waals surface area contributed by atoms with Crippen molar-refractivity contribution >= 4 is 54.7 Å². The third-order valence-electron chi connectivity index (χ3n) is 11.2. The number of hydrogen-bond acceptors (Lipinski definition) is 5. The molecule has 12 rings (SSSR count). The monoisotopic (exact) mass is 756 g/mol. The maximum absolute atomic E-state index is 6.51. The molecule has 8 aromatic carbocycles. The van der Waals surface area contributed by atoms with Crippen molar-refractivity contribution in [3.8, 4) is 57.0 Å². The van der Waals surface area contributed by atoms with Gasteiger partial charge in [-0.3, -0.25) is 4.57 Å². The van der Waals surface area contributed by atoms with Crippen LogP contribution in [0, 0.1) is 0 Å². The molecule has 0 aliphatic carbocycles. The van der Waals surface area contributed by atoms with Gasteiger partial charge in [-0.05, 0) is 48.0 Å². The van der Waals surface area contributed by atoms with Crippen LogP contribution in [0.25, 0.3) is 112 Å². The van der Waals surface area contributed by atoms with Crippen LogP contribution in [0.15, 0.2) is 199 Å². The van der Waals surface area contributed by atoms with Crippen LogP contribution in [0.2, 0.25) is 0 Å². The quantitative estimate of drug-likeness (QED) is 0.169. The van der Waals surface area contributed by atoms with E-state index in [-0.39, 0.29) is 0 Å². The molecule has 0 bridgehead atoms. The first-order valence-electron chi connectivity index (χ1n) is 19.7. The fraction of sp³-hybridized carbons (Fsp3) is 0. The Morgan fingerprint density at radius 2 is 0.898 bits per heavy atom. The lowest BCUT2D eigenvalue weighted by atomic mass is 10.0. The van der Waals surface area contributed by atoms with Gasteiger partial charge in [-0.2, -0.15) is 9.97 Å². The molecule has 4 heterocycles. The minimum Gasteiger partial charge on any atom is -0.435 e. The van der Waals surface area contributed by atoms with Gasteiger partial charge in [0.15, 0.2) is 17.2 Å². The van der Waals surface area contributed by atoms with E-state index < -0.39 is 0 Å². The molecular formula is C52H32N6O. The lowest BCUT2D eigenvalue weighted by Gasteiger charge is -2.14. The SMILES string of the molecule is c1ccc(-c2nc(-c3ccccc3)nc(-n3c4ccccc4c4ccc5c6ccccc6n(-c6cccc(-c7cccc8nc(-c9ccccc9)oc78)c6)c5c43)n2)cc1. The largest absolute Gasteiger partial charge is 0.435 e. The fourth-order valence-corrected chi connectivity index (χ4v) is 8.57. The van der Waals surface area contributed by atoms with Gasteiger partial charge in [-0.25, -0.2) is 9.97 Å². The number of para-hydroxylation sites is 3. The first-order chi connectivity index (χ1) is 29.3. The Kier molecular flexibility index (Phi) is 7.40. The molecule has 0 fully saturated rings. The Morgan fingerprint density at radius 1 is 0.373 bits per heavy atom. The van der Waals surface area contributed by atoms with Crippen molar-refractivity contribution in [3.05, 3.63) is 194 Å². The summed E-state index contributed by atoms with van der Waals surface area (Å²) in [7, 11) is 0. The Hall–Kier alpha value is -8.16. The van der Waals surface area contributed by atoms with Crippen molar-refractivity contribution in [2.45, 2.75) is 0 Å². The topological polar surface area (TPSA) is 74.6 Å². The normalized spacial score (nSPS) is 11.7. The van der Waals surface area contributed by atoms with E-state index in [1.165, 1.54) is 0 Å². The van der Waals surface area contributed by atoms with Crippen LogP contribution in [0.5, 0.6) is 0 Å². The van der Waals surface area contributed by atoms with Crippen LogP contribution in [0.3, 0.4) is 0 Å². The highest BCUT2D eigenvalue weighted by Gasteiger charge is 2.24. The van der Waals surface area contributed by atoms with Crippen molar-refractivity contribution in [1.82, 2.24) is 29.1 Å². The second-order valence-corrected chi connectivity index (χ2v) is 14.7. The van der Waals surface area contributed by atoms with E-state index in [4.69, 9.17) is 24.4 Å². The van der Waals surface area contributed by atoms with E-state index in [0.29, 0.717) is 23.5 Å². The molecule has 0 spiro atoms. The van der Waals surface area contributed by atoms with Gasteiger partial charge < -0.3 is 8.98 Å². The maximum Gasteiger partial charge on any atom is 0.238 e.